The molecule has 1 aromatic heterocycles. The minimum absolute atomic E-state index is 0.0327. The molecule has 2 aromatic rings. The van der Waals surface area contributed by atoms with Gasteiger partial charge < -0.3 is 10.5 Å². The predicted octanol–water partition coefficient (Wildman–Crippen LogP) is 3.17. The average Bonchev–Trinajstić information content (AvgIpc) is 2.66. The smallest absolute Gasteiger partial charge is 0.417 e. The van der Waals surface area contributed by atoms with Gasteiger partial charge in [0.2, 0.25) is 5.88 Å². The predicted molar refractivity (Wildman–Crippen MR) is 75.4 cm³/mol. The van der Waals surface area contributed by atoms with Crippen LogP contribution in [0.5, 0.6) is 11.6 Å². The largest absolute Gasteiger partial charge is 0.439 e. The lowest BCUT2D eigenvalue weighted by atomic mass is 10.1. The molecule has 21 heavy (non-hydrogen) atoms. The summed E-state index contributed by atoms with van der Waals surface area (Å²) in [5, 5.41) is 4.05. The Bertz CT molecular complexity index is 694. The molecule has 0 saturated heterocycles. The molecule has 112 valence electrons. The lowest BCUT2D eigenvalue weighted by molar-refractivity contribution is -0.137. The third-order valence-electron chi connectivity index (χ3n) is 2.74. The summed E-state index contributed by atoms with van der Waals surface area (Å²) in [7, 11) is 1.64. The molecule has 0 bridgehead atoms. The minimum atomic E-state index is -4.57. The Morgan fingerprint density at radius 2 is 2.00 bits per heavy atom. The molecular formula is C13H12F3N3OS. The van der Waals surface area contributed by atoms with E-state index >= 15 is 0 Å². The second kappa shape index (κ2) is 5.36. The summed E-state index contributed by atoms with van der Waals surface area (Å²) in [5.41, 5.74) is 4.86. The molecule has 0 fully saturated rings. The van der Waals surface area contributed by atoms with Crippen LogP contribution >= 0.6 is 12.2 Å². The van der Waals surface area contributed by atoms with Crippen molar-refractivity contribution in [1.29, 1.82) is 0 Å². The Balaban J connectivity index is 2.43. The quantitative estimate of drug-likeness (QED) is 0.884. The number of ether oxygens (including phenoxy) is 1. The fourth-order valence-corrected chi connectivity index (χ4v) is 2.02. The zero-order valence-electron chi connectivity index (χ0n) is 11.2. The first-order chi connectivity index (χ1) is 9.68. The fraction of sp³-hybridized carbons (Fsp3) is 0.231. The first-order valence-corrected chi connectivity index (χ1v) is 6.29. The van der Waals surface area contributed by atoms with Crippen LogP contribution in [-0.2, 0) is 13.2 Å². The Morgan fingerprint density at radius 3 is 2.48 bits per heavy atom. The van der Waals surface area contributed by atoms with Gasteiger partial charge in [0.1, 0.15) is 10.7 Å². The molecule has 0 unspecified atom stereocenters. The van der Waals surface area contributed by atoms with Crippen molar-refractivity contribution in [2.75, 3.05) is 0 Å². The highest BCUT2D eigenvalue weighted by Crippen LogP contribution is 2.35. The molecule has 1 aromatic carbocycles. The molecule has 0 spiro atoms. The summed E-state index contributed by atoms with van der Waals surface area (Å²) in [6, 6.07) is 5.07. The van der Waals surface area contributed by atoms with E-state index in [1.54, 1.807) is 20.0 Å². The number of rotatable bonds is 3. The molecule has 0 aliphatic rings. The molecule has 2 rings (SSSR count). The number of aromatic nitrogens is 2. The number of thiocarbonyl (C=S) groups is 1. The summed E-state index contributed by atoms with van der Waals surface area (Å²) in [5.74, 6) is 0.369. The Hall–Kier alpha value is -2.09. The summed E-state index contributed by atoms with van der Waals surface area (Å²) in [6.07, 6.45) is -4.57. The van der Waals surface area contributed by atoms with Gasteiger partial charge in [-0.05, 0) is 25.1 Å². The van der Waals surface area contributed by atoms with E-state index in [1.807, 2.05) is 0 Å². The molecular weight excluding hydrogens is 303 g/mol. The van der Waals surface area contributed by atoms with Gasteiger partial charge in [-0.2, -0.15) is 18.3 Å². The number of nitrogens with zero attached hydrogens (tertiary/aromatic N) is 2. The molecule has 0 aliphatic heterocycles. The maximum absolute atomic E-state index is 13.0. The number of hydrogen-bond acceptors (Lipinski definition) is 3. The van der Waals surface area contributed by atoms with E-state index in [1.165, 1.54) is 16.8 Å². The van der Waals surface area contributed by atoms with Crippen molar-refractivity contribution in [2.45, 2.75) is 13.1 Å². The number of aryl methyl sites for hydroxylation is 2. The number of hydrogen-bond donors (Lipinski definition) is 1. The van der Waals surface area contributed by atoms with Crippen LogP contribution in [0.25, 0.3) is 0 Å². The van der Waals surface area contributed by atoms with E-state index in [9.17, 15) is 13.2 Å². The third kappa shape index (κ3) is 3.33. The number of nitrogens with two attached hydrogens (primary N) is 1. The van der Waals surface area contributed by atoms with Crippen LogP contribution in [-0.4, -0.2) is 14.8 Å². The van der Waals surface area contributed by atoms with Crippen LogP contribution in [0.15, 0.2) is 24.3 Å². The second-order valence-electron chi connectivity index (χ2n) is 4.42. The van der Waals surface area contributed by atoms with Crippen molar-refractivity contribution in [3.05, 3.63) is 41.1 Å². The van der Waals surface area contributed by atoms with E-state index < -0.39 is 11.7 Å². The molecule has 0 aliphatic carbocycles. The monoisotopic (exact) mass is 315 g/mol. The van der Waals surface area contributed by atoms with E-state index in [4.69, 9.17) is 10.5 Å². The highest BCUT2D eigenvalue weighted by molar-refractivity contribution is 7.80. The lowest BCUT2D eigenvalue weighted by Crippen LogP contribution is -2.17. The number of alkyl halides is 3. The van der Waals surface area contributed by atoms with Crippen molar-refractivity contribution in [3.8, 4) is 11.6 Å². The van der Waals surface area contributed by atoms with Crippen LogP contribution < -0.4 is 10.5 Å². The highest BCUT2D eigenvalue weighted by Gasteiger charge is 2.34. The van der Waals surface area contributed by atoms with Gasteiger partial charge in [-0.1, -0.05) is 12.2 Å². The molecule has 0 amide bonds. The van der Waals surface area contributed by atoms with Gasteiger partial charge in [0.15, 0.2) is 0 Å². The van der Waals surface area contributed by atoms with Gasteiger partial charge in [0, 0.05) is 18.7 Å². The zero-order chi connectivity index (χ0) is 15.8. The van der Waals surface area contributed by atoms with Crippen molar-refractivity contribution in [1.82, 2.24) is 9.78 Å². The fourth-order valence-electron chi connectivity index (χ4n) is 1.84. The van der Waals surface area contributed by atoms with Gasteiger partial charge in [0.05, 0.1) is 11.3 Å². The zero-order valence-corrected chi connectivity index (χ0v) is 12.0. The molecule has 8 heteroatoms. The van der Waals surface area contributed by atoms with Gasteiger partial charge in [-0.3, -0.25) is 0 Å². The van der Waals surface area contributed by atoms with E-state index in [0.29, 0.717) is 11.6 Å². The van der Waals surface area contributed by atoms with Gasteiger partial charge in [-0.15, -0.1) is 0 Å². The SMILES string of the molecule is Cc1cc(Oc2ccc(C(N)=S)c(C(F)(F)F)c2)n(C)n1. The Labute approximate surface area is 124 Å². The first-order valence-electron chi connectivity index (χ1n) is 5.88. The topological polar surface area (TPSA) is 53.1 Å². The van der Waals surface area contributed by atoms with E-state index in [-0.39, 0.29) is 16.3 Å². The Kier molecular flexibility index (Phi) is 3.91. The van der Waals surface area contributed by atoms with E-state index in [0.717, 1.165) is 6.07 Å². The molecule has 0 radical (unpaired) electrons. The number of halogens is 3. The van der Waals surface area contributed by atoms with Crippen LogP contribution in [0.3, 0.4) is 0 Å². The normalized spacial score (nSPS) is 11.5. The van der Waals surface area contributed by atoms with Crippen molar-refractivity contribution in [2.24, 2.45) is 12.8 Å². The van der Waals surface area contributed by atoms with E-state index in [2.05, 4.69) is 17.3 Å². The van der Waals surface area contributed by atoms with Gasteiger partial charge >= 0.3 is 6.18 Å². The standard InChI is InChI=1S/C13H12F3N3OS/c1-7-5-11(19(2)18-7)20-8-3-4-9(12(17)21)10(6-8)13(14,15)16/h3-6H,1-2H3,(H2,17,21). The van der Waals surface area contributed by atoms with Crippen LogP contribution in [0.4, 0.5) is 13.2 Å². The van der Waals surface area contributed by atoms with Crippen LogP contribution in [0, 0.1) is 6.92 Å². The molecule has 1 heterocycles. The maximum Gasteiger partial charge on any atom is 0.417 e. The highest BCUT2D eigenvalue weighted by atomic mass is 32.1. The summed E-state index contributed by atoms with van der Waals surface area (Å²) in [6.45, 7) is 1.75. The Morgan fingerprint density at radius 1 is 1.33 bits per heavy atom. The minimum Gasteiger partial charge on any atom is -0.439 e. The summed E-state index contributed by atoms with van der Waals surface area (Å²) < 4.78 is 45.9. The van der Waals surface area contributed by atoms with Gasteiger partial charge in [-0.25, -0.2) is 4.68 Å². The first kappa shape index (κ1) is 15.3. The third-order valence-corrected chi connectivity index (χ3v) is 2.96. The van der Waals surface area contributed by atoms with Crippen molar-refractivity contribution in [3.63, 3.8) is 0 Å². The van der Waals surface area contributed by atoms with Gasteiger partial charge in [0.25, 0.3) is 0 Å². The molecule has 0 atom stereocenters. The molecule has 4 nitrogen and oxygen atoms in total. The van der Waals surface area contributed by atoms with Crippen molar-refractivity contribution < 1.29 is 17.9 Å². The lowest BCUT2D eigenvalue weighted by Gasteiger charge is -2.14. The number of benzene rings is 1. The average molecular weight is 315 g/mol. The summed E-state index contributed by atoms with van der Waals surface area (Å²) in [4.78, 5) is -0.315. The molecule has 0 saturated carbocycles. The van der Waals surface area contributed by atoms with Crippen LogP contribution in [0.1, 0.15) is 16.8 Å². The summed E-state index contributed by atoms with van der Waals surface area (Å²) >= 11 is 4.64. The second-order valence-corrected chi connectivity index (χ2v) is 4.86. The molecule has 2 N–H and O–H groups in total. The van der Waals surface area contributed by atoms with Crippen molar-refractivity contribution >= 4 is 17.2 Å². The maximum atomic E-state index is 13.0. The van der Waals surface area contributed by atoms with Crippen LogP contribution in [0.2, 0.25) is 0 Å².